The van der Waals surface area contributed by atoms with Crippen LogP contribution in [0.3, 0.4) is 0 Å². The van der Waals surface area contributed by atoms with Gasteiger partial charge in [-0.25, -0.2) is 9.97 Å². The third kappa shape index (κ3) is 2.28. The SMILES string of the molecule is NCc1nccn1-c1ccc(C(F)(F)F)cn1. The molecule has 0 saturated carbocycles. The zero-order valence-electron chi connectivity index (χ0n) is 8.65. The van der Waals surface area contributed by atoms with Crippen LogP contribution in [0.15, 0.2) is 30.7 Å². The van der Waals surface area contributed by atoms with Crippen molar-refractivity contribution in [1.29, 1.82) is 0 Å². The fourth-order valence-electron chi connectivity index (χ4n) is 1.39. The Labute approximate surface area is 94.9 Å². The van der Waals surface area contributed by atoms with Crippen molar-refractivity contribution in [1.82, 2.24) is 14.5 Å². The normalized spacial score (nSPS) is 11.8. The Bertz CT molecular complexity index is 501. The molecule has 0 fully saturated rings. The highest BCUT2D eigenvalue weighted by atomic mass is 19.4. The zero-order valence-corrected chi connectivity index (χ0v) is 8.65. The van der Waals surface area contributed by atoms with Crippen molar-refractivity contribution in [3.63, 3.8) is 0 Å². The van der Waals surface area contributed by atoms with E-state index in [0.29, 0.717) is 11.6 Å². The molecule has 0 radical (unpaired) electrons. The van der Waals surface area contributed by atoms with Crippen LogP contribution in [0.1, 0.15) is 11.4 Å². The number of hydrogen-bond acceptors (Lipinski definition) is 3. The predicted octanol–water partition coefficient (Wildman–Crippen LogP) is 1.74. The van der Waals surface area contributed by atoms with E-state index >= 15 is 0 Å². The molecule has 4 nitrogen and oxygen atoms in total. The topological polar surface area (TPSA) is 56.7 Å². The highest BCUT2D eigenvalue weighted by Crippen LogP contribution is 2.28. The van der Waals surface area contributed by atoms with Crippen molar-refractivity contribution in [2.24, 2.45) is 5.73 Å². The molecule has 0 spiro atoms. The van der Waals surface area contributed by atoms with E-state index in [0.717, 1.165) is 12.3 Å². The molecule has 0 aliphatic rings. The Morgan fingerprint density at radius 1 is 1.24 bits per heavy atom. The number of halogens is 3. The van der Waals surface area contributed by atoms with Gasteiger partial charge >= 0.3 is 6.18 Å². The number of pyridine rings is 1. The van der Waals surface area contributed by atoms with Crippen molar-refractivity contribution < 1.29 is 13.2 Å². The largest absolute Gasteiger partial charge is 0.417 e. The van der Waals surface area contributed by atoms with Gasteiger partial charge in [-0.2, -0.15) is 13.2 Å². The first-order valence-corrected chi connectivity index (χ1v) is 4.78. The highest BCUT2D eigenvalue weighted by molar-refractivity contribution is 5.28. The number of nitrogens with zero attached hydrogens (tertiary/aromatic N) is 3. The summed E-state index contributed by atoms with van der Waals surface area (Å²) in [6, 6.07) is 2.26. The summed E-state index contributed by atoms with van der Waals surface area (Å²) in [5.74, 6) is 0.896. The molecule has 2 heterocycles. The summed E-state index contributed by atoms with van der Waals surface area (Å²) in [6.45, 7) is 0.190. The van der Waals surface area contributed by atoms with Crippen molar-refractivity contribution in [2.45, 2.75) is 12.7 Å². The minimum absolute atomic E-state index is 0.190. The first kappa shape index (κ1) is 11.6. The van der Waals surface area contributed by atoms with Gasteiger partial charge in [-0.3, -0.25) is 4.57 Å². The zero-order chi connectivity index (χ0) is 12.5. The van der Waals surface area contributed by atoms with Crippen LogP contribution in [0.5, 0.6) is 0 Å². The molecule has 0 bridgehead atoms. The van der Waals surface area contributed by atoms with Gasteiger partial charge in [-0.1, -0.05) is 0 Å². The van der Waals surface area contributed by atoms with E-state index < -0.39 is 11.7 Å². The van der Waals surface area contributed by atoms with Crippen LogP contribution >= 0.6 is 0 Å². The number of hydrogen-bond donors (Lipinski definition) is 1. The molecule has 0 aliphatic heterocycles. The maximum Gasteiger partial charge on any atom is 0.417 e. The molecule has 7 heteroatoms. The van der Waals surface area contributed by atoms with Crippen molar-refractivity contribution >= 4 is 0 Å². The second-order valence-electron chi connectivity index (χ2n) is 3.32. The standard InChI is InChI=1S/C10H9F3N4/c11-10(12,13)7-1-2-8(16-6-7)17-4-3-15-9(17)5-14/h1-4,6H,5,14H2. The van der Waals surface area contributed by atoms with Gasteiger partial charge in [0.1, 0.15) is 11.6 Å². The molecule has 2 rings (SSSR count). The fraction of sp³-hybridized carbons (Fsp3) is 0.200. The molecule has 0 unspecified atom stereocenters. The van der Waals surface area contributed by atoms with Gasteiger partial charge in [0, 0.05) is 18.6 Å². The molecule has 0 saturated heterocycles. The summed E-state index contributed by atoms with van der Waals surface area (Å²) < 4.78 is 38.5. The summed E-state index contributed by atoms with van der Waals surface area (Å²) >= 11 is 0. The Morgan fingerprint density at radius 3 is 2.53 bits per heavy atom. The lowest BCUT2D eigenvalue weighted by atomic mass is 10.3. The quantitative estimate of drug-likeness (QED) is 0.872. The van der Waals surface area contributed by atoms with E-state index in [1.807, 2.05) is 0 Å². The van der Waals surface area contributed by atoms with Crippen LogP contribution in [-0.2, 0) is 12.7 Å². The fourth-order valence-corrected chi connectivity index (χ4v) is 1.39. The molecule has 0 amide bonds. The maximum atomic E-state index is 12.3. The number of imidazole rings is 1. The van der Waals surface area contributed by atoms with Gasteiger partial charge in [0.25, 0.3) is 0 Å². The van der Waals surface area contributed by atoms with Gasteiger partial charge in [0.15, 0.2) is 0 Å². The molecule has 90 valence electrons. The molecular formula is C10H9F3N4. The van der Waals surface area contributed by atoms with Crippen LogP contribution in [0.25, 0.3) is 5.82 Å². The third-order valence-electron chi connectivity index (χ3n) is 2.22. The van der Waals surface area contributed by atoms with E-state index in [1.165, 1.54) is 12.3 Å². The van der Waals surface area contributed by atoms with E-state index in [9.17, 15) is 13.2 Å². The molecule has 17 heavy (non-hydrogen) atoms. The van der Waals surface area contributed by atoms with Crippen LogP contribution in [0, 0.1) is 0 Å². The van der Waals surface area contributed by atoms with Gasteiger partial charge in [0.2, 0.25) is 0 Å². The minimum atomic E-state index is -4.38. The first-order valence-electron chi connectivity index (χ1n) is 4.78. The van der Waals surface area contributed by atoms with Gasteiger partial charge < -0.3 is 5.73 Å². The number of rotatable bonds is 2. The lowest BCUT2D eigenvalue weighted by Crippen LogP contribution is -2.09. The average Bonchev–Trinajstić information content (AvgIpc) is 2.76. The Morgan fingerprint density at radius 2 is 2.00 bits per heavy atom. The summed E-state index contributed by atoms with van der Waals surface area (Å²) in [4.78, 5) is 7.70. The first-order chi connectivity index (χ1) is 8.02. The second-order valence-corrected chi connectivity index (χ2v) is 3.32. The van der Waals surface area contributed by atoms with Gasteiger partial charge in [-0.05, 0) is 12.1 Å². The highest BCUT2D eigenvalue weighted by Gasteiger charge is 2.30. The van der Waals surface area contributed by atoms with E-state index in [1.54, 1.807) is 10.8 Å². The van der Waals surface area contributed by atoms with Crippen molar-refractivity contribution in [3.05, 3.63) is 42.1 Å². The average molecular weight is 242 g/mol. The second kappa shape index (κ2) is 4.17. The summed E-state index contributed by atoms with van der Waals surface area (Å²) in [5, 5.41) is 0. The minimum Gasteiger partial charge on any atom is -0.324 e. The Balaban J connectivity index is 2.36. The van der Waals surface area contributed by atoms with Gasteiger partial charge in [-0.15, -0.1) is 0 Å². The van der Waals surface area contributed by atoms with E-state index in [2.05, 4.69) is 9.97 Å². The summed E-state index contributed by atoms with van der Waals surface area (Å²) in [5.41, 5.74) is 4.66. The molecule has 2 aromatic rings. The molecule has 0 aliphatic carbocycles. The summed E-state index contributed by atoms with van der Waals surface area (Å²) in [7, 11) is 0. The maximum absolute atomic E-state index is 12.3. The molecule has 0 aromatic carbocycles. The van der Waals surface area contributed by atoms with E-state index in [4.69, 9.17) is 5.73 Å². The predicted molar refractivity (Wildman–Crippen MR) is 54.3 cm³/mol. The smallest absolute Gasteiger partial charge is 0.324 e. The Hall–Kier alpha value is -1.89. The number of nitrogens with two attached hydrogens (primary N) is 1. The number of aromatic nitrogens is 3. The summed E-state index contributed by atoms with van der Waals surface area (Å²) in [6.07, 6.45) is -0.480. The molecule has 2 aromatic heterocycles. The van der Waals surface area contributed by atoms with Gasteiger partial charge in [0.05, 0.1) is 12.1 Å². The van der Waals surface area contributed by atoms with Crippen LogP contribution in [0.2, 0.25) is 0 Å². The van der Waals surface area contributed by atoms with Crippen LogP contribution < -0.4 is 5.73 Å². The molecular weight excluding hydrogens is 233 g/mol. The van der Waals surface area contributed by atoms with Crippen LogP contribution in [-0.4, -0.2) is 14.5 Å². The lowest BCUT2D eigenvalue weighted by Gasteiger charge is -2.08. The Kier molecular flexibility index (Phi) is 2.84. The van der Waals surface area contributed by atoms with Crippen molar-refractivity contribution in [2.75, 3.05) is 0 Å². The monoisotopic (exact) mass is 242 g/mol. The van der Waals surface area contributed by atoms with Crippen LogP contribution in [0.4, 0.5) is 13.2 Å². The van der Waals surface area contributed by atoms with E-state index in [-0.39, 0.29) is 6.54 Å². The third-order valence-corrected chi connectivity index (χ3v) is 2.22. The lowest BCUT2D eigenvalue weighted by molar-refractivity contribution is -0.137. The molecule has 0 atom stereocenters. The number of alkyl halides is 3. The van der Waals surface area contributed by atoms with Crippen molar-refractivity contribution in [3.8, 4) is 5.82 Å². The molecule has 2 N–H and O–H groups in total.